The van der Waals surface area contributed by atoms with Crippen molar-refractivity contribution in [3.8, 4) is 0 Å². The van der Waals surface area contributed by atoms with Crippen LogP contribution >= 0.6 is 11.6 Å². The molecule has 0 aromatic heterocycles. The molecule has 0 bridgehead atoms. The number of nitrogens with two attached hydrogens (primary N) is 1. The molecule has 0 saturated heterocycles. The van der Waals surface area contributed by atoms with Crippen molar-refractivity contribution in [3.63, 3.8) is 0 Å². The molecule has 13 heavy (non-hydrogen) atoms. The zero-order valence-electron chi connectivity index (χ0n) is 7.54. The first kappa shape index (κ1) is 9.04. The minimum atomic E-state index is 0.126. The van der Waals surface area contributed by atoms with E-state index in [1.165, 1.54) is 12.8 Å². The Labute approximate surface area is 83.9 Å². The SMILES string of the molecule is N[C@H](CC1CC1)c1ccccc1Cl. The van der Waals surface area contributed by atoms with Crippen molar-refractivity contribution < 1.29 is 0 Å². The van der Waals surface area contributed by atoms with Gasteiger partial charge in [0.2, 0.25) is 0 Å². The van der Waals surface area contributed by atoms with Gasteiger partial charge in [-0.15, -0.1) is 0 Å². The first-order chi connectivity index (χ1) is 6.27. The first-order valence-corrected chi connectivity index (χ1v) is 5.15. The Morgan fingerprint density at radius 2 is 2.08 bits per heavy atom. The molecule has 0 unspecified atom stereocenters. The van der Waals surface area contributed by atoms with E-state index in [0.717, 1.165) is 22.9 Å². The minimum Gasteiger partial charge on any atom is -0.324 e. The third kappa shape index (κ3) is 2.23. The minimum absolute atomic E-state index is 0.126. The summed E-state index contributed by atoms with van der Waals surface area (Å²) in [6, 6.07) is 7.99. The van der Waals surface area contributed by atoms with Gasteiger partial charge < -0.3 is 5.73 Å². The second-order valence-corrected chi connectivity index (χ2v) is 4.21. The molecule has 70 valence electrons. The van der Waals surface area contributed by atoms with Gasteiger partial charge in [-0.05, 0) is 24.0 Å². The highest BCUT2D eigenvalue weighted by atomic mass is 35.5. The van der Waals surface area contributed by atoms with Crippen LogP contribution in [-0.4, -0.2) is 0 Å². The molecule has 0 amide bonds. The number of hydrogen-bond acceptors (Lipinski definition) is 1. The molecular weight excluding hydrogens is 182 g/mol. The van der Waals surface area contributed by atoms with Crippen molar-refractivity contribution in [3.05, 3.63) is 34.9 Å². The van der Waals surface area contributed by atoms with Crippen LogP contribution in [-0.2, 0) is 0 Å². The molecule has 2 N–H and O–H groups in total. The highest BCUT2D eigenvalue weighted by Gasteiger charge is 2.24. The highest BCUT2D eigenvalue weighted by Crippen LogP contribution is 2.37. The molecule has 1 aliphatic rings. The van der Waals surface area contributed by atoms with Crippen LogP contribution in [0.25, 0.3) is 0 Å². The summed E-state index contributed by atoms with van der Waals surface area (Å²) in [4.78, 5) is 0. The van der Waals surface area contributed by atoms with Crippen LogP contribution in [0.2, 0.25) is 5.02 Å². The zero-order valence-corrected chi connectivity index (χ0v) is 8.30. The van der Waals surface area contributed by atoms with E-state index in [2.05, 4.69) is 0 Å². The van der Waals surface area contributed by atoms with E-state index in [-0.39, 0.29) is 6.04 Å². The van der Waals surface area contributed by atoms with Crippen molar-refractivity contribution in [2.75, 3.05) is 0 Å². The fourth-order valence-electron chi connectivity index (χ4n) is 1.62. The van der Waals surface area contributed by atoms with Gasteiger partial charge in [-0.25, -0.2) is 0 Å². The van der Waals surface area contributed by atoms with Gasteiger partial charge in [-0.2, -0.15) is 0 Å². The molecule has 1 aliphatic carbocycles. The Bertz CT molecular complexity index is 294. The topological polar surface area (TPSA) is 26.0 Å². The van der Waals surface area contributed by atoms with Gasteiger partial charge in [-0.1, -0.05) is 42.6 Å². The highest BCUT2D eigenvalue weighted by molar-refractivity contribution is 6.31. The summed E-state index contributed by atoms with van der Waals surface area (Å²) in [7, 11) is 0. The number of hydrogen-bond donors (Lipinski definition) is 1. The van der Waals surface area contributed by atoms with E-state index in [1.54, 1.807) is 0 Å². The fourth-order valence-corrected chi connectivity index (χ4v) is 1.89. The van der Waals surface area contributed by atoms with Crippen LogP contribution in [0.4, 0.5) is 0 Å². The Balaban J connectivity index is 2.09. The van der Waals surface area contributed by atoms with Crippen molar-refractivity contribution in [1.29, 1.82) is 0 Å². The standard InChI is InChI=1S/C11H14ClN/c12-10-4-2-1-3-9(10)11(13)7-8-5-6-8/h1-4,8,11H,5-7,13H2/t11-/m1/s1. The van der Waals surface area contributed by atoms with Crippen LogP contribution < -0.4 is 5.73 Å². The fraction of sp³-hybridized carbons (Fsp3) is 0.455. The molecule has 0 aliphatic heterocycles. The molecule has 1 atom stereocenters. The number of benzene rings is 1. The molecule has 1 aromatic carbocycles. The summed E-state index contributed by atoms with van der Waals surface area (Å²) in [5, 5.41) is 0.802. The van der Waals surface area contributed by atoms with Crippen LogP contribution in [0, 0.1) is 5.92 Å². The summed E-state index contributed by atoms with van der Waals surface area (Å²) in [5.74, 6) is 0.853. The molecule has 1 fully saturated rings. The largest absolute Gasteiger partial charge is 0.324 e. The lowest BCUT2D eigenvalue weighted by molar-refractivity contribution is 0.597. The van der Waals surface area contributed by atoms with Crippen LogP contribution in [0.5, 0.6) is 0 Å². The van der Waals surface area contributed by atoms with E-state index in [9.17, 15) is 0 Å². The van der Waals surface area contributed by atoms with Crippen LogP contribution in [0.15, 0.2) is 24.3 Å². The van der Waals surface area contributed by atoms with Crippen molar-refractivity contribution in [1.82, 2.24) is 0 Å². The molecule has 2 rings (SSSR count). The predicted octanol–water partition coefficient (Wildman–Crippen LogP) is 3.14. The Hall–Kier alpha value is -0.530. The van der Waals surface area contributed by atoms with Gasteiger partial charge in [0.05, 0.1) is 0 Å². The number of halogens is 1. The monoisotopic (exact) mass is 195 g/mol. The molecular formula is C11H14ClN. The molecule has 2 heteroatoms. The Kier molecular flexibility index (Phi) is 2.56. The van der Waals surface area contributed by atoms with Gasteiger partial charge in [0.15, 0.2) is 0 Å². The average Bonchev–Trinajstić information content (AvgIpc) is 2.89. The van der Waals surface area contributed by atoms with Gasteiger partial charge in [0.1, 0.15) is 0 Å². The van der Waals surface area contributed by atoms with Gasteiger partial charge in [-0.3, -0.25) is 0 Å². The molecule has 0 spiro atoms. The van der Waals surface area contributed by atoms with E-state index >= 15 is 0 Å². The third-order valence-corrected chi connectivity index (χ3v) is 2.93. The second kappa shape index (κ2) is 3.69. The summed E-state index contributed by atoms with van der Waals surface area (Å²) < 4.78 is 0. The summed E-state index contributed by atoms with van der Waals surface area (Å²) in [6.45, 7) is 0. The zero-order chi connectivity index (χ0) is 9.26. The summed E-state index contributed by atoms with van der Waals surface area (Å²) in [6.07, 6.45) is 3.78. The predicted molar refractivity (Wildman–Crippen MR) is 55.7 cm³/mol. The maximum atomic E-state index is 6.05. The first-order valence-electron chi connectivity index (χ1n) is 4.77. The quantitative estimate of drug-likeness (QED) is 0.788. The van der Waals surface area contributed by atoms with Crippen molar-refractivity contribution in [2.24, 2.45) is 11.7 Å². The summed E-state index contributed by atoms with van der Waals surface area (Å²) >= 11 is 6.04. The molecule has 1 nitrogen and oxygen atoms in total. The van der Waals surface area contributed by atoms with E-state index in [1.807, 2.05) is 24.3 Å². The van der Waals surface area contributed by atoms with Gasteiger partial charge in [0.25, 0.3) is 0 Å². The summed E-state index contributed by atoms with van der Waals surface area (Å²) in [5.41, 5.74) is 7.15. The van der Waals surface area contributed by atoms with Crippen LogP contribution in [0.3, 0.4) is 0 Å². The molecule has 0 radical (unpaired) electrons. The van der Waals surface area contributed by atoms with Crippen LogP contribution in [0.1, 0.15) is 30.9 Å². The lowest BCUT2D eigenvalue weighted by Gasteiger charge is -2.12. The molecule has 0 heterocycles. The smallest absolute Gasteiger partial charge is 0.0453 e. The van der Waals surface area contributed by atoms with Gasteiger partial charge >= 0.3 is 0 Å². The lowest BCUT2D eigenvalue weighted by atomic mass is 10.0. The normalized spacial score (nSPS) is 18.6. The molecule has 1 aromatic rings. The average molecular weight is 196 g/mol. The van der Waals surface area contributed by atoms with Crippen molar-refractivity contribution in [2.45, 2.75) is 25.3 Å². The number of rotatable bonds is 3. The van der Waals surface area contributed by atoms with E-state index in [4.69, 9.17) is 17.3 Å². The lowest BCUT2D eigenvalue weighted by Crippen LogP contribution is -2.11. The third-order valence-electron chi connectivity index (χ3n) is 2.59. The Morgan fingerprint density at radius 3 is 2.69 bits per heavy atom. The maximum absolute atomic E-state index is 6.05. The van der Waals surface area contributed by atoms with E-state index in [0.29, 0.717) is 0 Å². The van der Waals surface area contributed by atoms with E-state index < -0.39 is 0 Å². The second-order valence-electron chi connectivity index (χ2n) is 3.81. The Morgan fingerprint density at radius 1 is 1.38 bits per heavy atom. The van der Waals surface area contributed by atoms with Crippen molar-refractivity contribution >= 4 is 11.6 Å². The van der Waals surface area contributed by atoms with Gasteiger partial charge in [0, 0.05) is 11.1 Å². The molecule has 1 saturated carbocycles. The maximum Gasteiger partial charge on any atom is 0.0453 e.